The van der Waals surface area contributed by atoms with Crippen molar-refractivity contribution in [3.05, 3.63) is 71.8 Å². The van der Waals surface area contributed by atoms with Crippen molar-refractivity contribution in [1.82, 2.24) is 9.80 Å². The maximum Gasteiger partial charge on any atom is 0.306 e. The van der Waals surface area contributed by atoms with E-state index in [1.54, 1.807) is 4.90 Å². The van der Waals surface area contributed by atoms with Gasteiger partial charge in [-0.1, -0.05) is 60.7 Å². The van der Waals surface area contributed by atoms with Gasteiger partial charge in [0.2, 0.25) is 11.8 Å². The molecule has 4 unspecified atom stereocenters. The van der Waals surface area contributed by atoms with Gasteiger partial charge in [-0.3, -0.25) is 14.4 Å². The fourth-order valence-corrected chi connectivity index (χ4v) is 5.84. The molecule has 4 rings (SSSR count). The van der Waals surface area contributed by atoms with Crippen LogP contribution in [0.15, 0.2) is 60.7 Å². The van der Waals surface area contributed by atoms with Crippen molar-refractivity contribution in [2.75, 3.05) is 14.1 Å². The van der Waals surface area contributed by atoms with E-state index in [1.165, 1.54) is 5.56 Å². The Morgan fingerprint density at radius 1 is 0.756 bits per heavy atom. The summed E-state index contributed by atoms with van der Waals surface area (Å²) in [6.07, 6.45) is 5.77. The zero-order chi connectivity index (χ0) is 30.0. The number of nitrogens with zero attached hydrogens (tertiary/aromatic N) is 2. The summed E-state index contributed by atoms with van der Waals surface area (Å²) in [5.74, 6) is 0.703. The van der Waals surface area contributed by atoms with Crippen LogP contribution in [0.2, 0.25) is 0 Å². The molecular weight excluding hydrogens is 514 g/mol. The molecule has 2 aromatic carbocycles. The lowest BCUT2D eigenvalue weighted by atomic mass is 10.0. The zero-order valence-electron chi connectivity index (χ0n) is 25.6. The molecule has 0 radical (unpaired) electrons. The van der Waals surface area contributed by atoms with Gasteiger partial charge in [-0.2, -0.15) is 0 Å². The topological polar surface area (TPSA) is 92.9 Å². The molecule has 4 atom stereocenters. The number of carbonyl (C=O) groups is 3. The van der Waals surface area contributed by atoms with Crippen LogP contribution < -0.4 is 5.73 Å². The Balaban J connectivity index is 0.000000239. The zero-order valence-corrected chi connectivity index (χ0v) is 25.6. The third kappa shape index (κ3) is 11.0. The van der Waals surface area contributed by atoms with Gasteiger partial charge in [0, 0.05) is 51.5 Å². The smallest absolute Gasteiger partial charge is 0.306 e. The molecule has 0 aliphatic heterocycles. The van der Waals surface area contributed by atoms with Crippen molar-refractivity contribution < 1.29 is 19.1 Å². The van der Waals surface area contributed by atoms with Crippen LogP contribution in [0.3, 0.4) is 0 Å². The summed E-state index contributed by atoms with van der Waals surface area (Å²) in [7, 11) is 3.73. The lowest BCUT2D eigenvalue weighted by Crippen LogP contribution is -2.32. The molecule has 2 saturated carbocycles. The standard InChI is InChI=1S/C20H29NO3.C14H20N2O/c1-20(2,3)24-18(22)13-16-10-11-17(12-16)19(23)21(4)14-15-8-6-5-7-9-15;1-16(10-11-5-3-2-4-6-11)14(17)12-7-8-13(15)9-12/h5-9,16-17H,10-14H2,1-4H3;2-6,12-13H,7-10,15H2,1H3. The average molecular weight is 564 g/mol. The highest BCUT2D eigenvalue weighted by Crippen LogP contribution is 2.35. The molecule has 2 aliphatic rings. The Kier molecular flexibility index (Phi) is 11.9. The Morgan fingerprint density at radius 3 is 1.66 bits per heavy atom. The van der Waals surface area contributed by atoms with Gasteiger partial charge in [-0.25, -0.2) is 0 Å². The van der Waals surface area contributed by atoms with Crippen molar-refractivity contribution in [1.29, 1.82) is 0 Å². The van der Waals surface area contributed by atoms with E-state index in [-0.39, 0.29) is 41.6 Å². The molecule has 7 nitrogen and oxygen atoms in total. The number of carbonyl (C=O) groups excluding carboxylic acids is 3. The minimum atomic E-state index is -0.444. The van der Waals surface area contributed by atoms with Gasteiger partial charge < -0.3 is 20.3 Å². The van der Waals surface area contributed by atoms with Crippen LogP contribution in [-0.2, 0) is 32.2 Å². The van der Waals surface area contributed by atoms with E-state index in [0.29, 0.717) is 19.5 Å². The van der Waals surface area contributed by atoms with Crippen molar-refractivity contribution in [2.24, 2.45) is 23.5 Å². The summed E-state index contributed by atoms with van der Waals surface area (Å²) in [6, 6.07) is 20.3. The Bertz CT molecular complexity index is 1120. The van der Waals surface area contributed by atoms with Crippen LogP contribution in [-0.4, -0.2) is 53.3 Å². The van der Waals surface area contributed by atoms with Gasteiger partial charge in [0.25, 0.3) is 0 Å². The Morgan fingerprint density at radius 2 is 1.22 bits per heavy atom. The molecule has 41 heavy (non-hydrogen) atoms. The van der Waals surface area contributed by atoms with Crippen LogP contribution in [0, 0.1) is 17.8 Å². The third-order valence-corrected chi connectivity index (χ3v) is 7.87. The second kappa shape index (κ2) is 15.2. The van der Waals surface area contributed by atoms with Gasteiger partial charge in [-0.05, 0) is 76.3 Å². The van der Waals surface area contributed by atoms with E-state index >= 15 is 0 Å². The van der Waals surface area contributed by atoms with E-state index in [0.717, 1.165) is 44.1 Å². The molecule has 2 amide bonds. The quantitative estimate of drug-likeness (QED) is 0.424. The van der Waals surface area contributed by atoms with Crippen LogP contribution in [0.5, 0.6) is 0 Å². The highest BCUT2D eigenvalue weighted by Gasteiger charge is 2.33. The van der Waals surface area contributed by atoms with Crippen molar-refractivity contribution in [2.45, 2.75) is 90.4 Å². The maximum atomic E-state index is 12.6. The molecule has 0 spiro atoms. The van der Waals surface area contributed by atoms with Gasteiger partial charge in [0.1, 0.15) is 5.60 Å². The first kappa shape index (κ1) is 32.3. The van der Waals surface area contributed by atoms with E-state index in [4.69, 9.17) is 10.5 Å². The van der Waals surface area contributed by atoms with Crippen LogP contribution in [0.1, 0.15) is 76.8 Å². The first-order valence-electron chi connectivity index (χ1n) is 15.0. The molecule has 0 bridgehead atoms. The van der Waals surface area contributed by atoms with E-state index < -0.39 is 5.60 Å². The number of nitrogens with two attached hydrogens (primary N) is 1. The molecule has 0 heterocycles. The number of hydrogen-bond donors (Lipinski definition) is 1. The van der Waals surface area contributed by atoms with Crippen molar-refractivity contribution in [3.63, 3.8) is 0 Å². The first-order valence-corrected chi connectivity index (χ1v) is 15.0. The average Bonchev–Trinajstić information content (AvgIpc) is 3.57. The number of rotatable bonds is 8. The summed E-state index contributed by atoms with van der Waals surface area (Å²) in [5.41, 5.74) is 7.71. The van der Waals surface area contributed by atoms with Crippen molar-refractivity contribution >= 4 is 17.8 Å². The first-order chi connectivity index (χ1) is 19.4. The molecule has 0 saturated heterocycles. The van der Waals surface area contributed by atoms with Gasteiger partial charge in [0.15, 0.2) is 0 Å². The molecule has 0 aromatic heterocycles. The fraction of sp³-hybridized carbons (Fsp3) is 0.559. The fourth-order valence-electron chi connectivity index (χ4n) is 5.84. The summed E-state index contributed by atoms with van der Waals surface area (Å²) < 4.78 is 5.39. The van der Waals surface area contributed by atoms with Gasteiger partial charge >= 0.3 is 5.97 Å². The molecule has 224 valence electrons. The minimum Gasteiger partial charge on any atom is -0.460 e. The SMILES string of the molecule is CN(Cc1ccccc1)C(=O)C1CCC(CC(=O)OC(C)(C)C)C1.CN(Cc1ccccc1)C(=O)C1CCC(N)C1. The number of amides is 2. The Hall–Kier alpha value is -3.19. The minimum absolute atomic E-state index is 0.0335. The van der Waals surface area contributed by atoms with Crippen LogP contribution in [0.4, 0.5) is 0 Å². The van der Waals surface area contributed by atoms with Gasteiger partial charge in [0.05, 0.1) is 0 Å². The normalized spacial score (nSPS) is 21.9. The number of esters is 1. The van der Waals surface area contributed by atoms with E-state index in [1.807, 2.05) is 100 Å². The second-order valence-electron chi connectivity index (χ2n) is 12.8. The molecule has 2 aliphatic carbocycles. The van der Waals surface area contributed by atoms with E-state index in [2.05, 4.69) is 0 Å². The molecular formula is C34H49N3O4. The van der Waals surface area contributed by atoms with Crippen LogP contribution in [0.25, 0.3) is 0 Å². The lowest BCUT2D eigenvalue weighted by Gasteiger charge is -2.22. The van der Waals surface area contributed by atoms with Gasteiger partial charge in [-0.15, -0.1) is 0 Å². The molecule has 2 aromatic rings. The summed E-state index contributed by atoms with van der Waals surface area (Å²) in [4.78, 5) is 40.4. The maximum absolute atomic E-state index is 12.6. The predicted molar refractivity (Wildman–Crippen MR) is 162 cm³/mol. The number of benzene rings is 2. The second-order valence-corrected chi connectivity index (χ2v) is 12.8. The van der Waals surface area contributed by atoms with E-state index in [9.17, 15) is 14.4 Å². The Labute approximate surface area is 246 Å². The van der Waals surface area contributed by atoms with Crippen molar-refractivity contribution in [3.8, 4) is 0 Å². The predicted octanol–water partition coefficient (Wildman–Crippen LogP) is 5.57. The highest BCUT2D eigenvalue weighted by atomic mass is 16.6. The summed E-state index contributed by atoms with van der Waals surface area (Å²) in [6.45, 7) is 6.96. The number of ether oxygens (including phenoxy) is 1. The molecule has 2 fully saturated rings. The van der Waals surface area contributed by atoms with Crippen LogP contribution >= 0.6 is 0 Å². The monoisotopic (exact) mass is 563 g/mol. The lowest BCUT2D eigenvalue weighted by molar-refractivity contribution is -0.156. The molecule has 7 heteroatoms. The number of hydrogen-bond acceptors (Lipinski definition) is 5. The highest BCUT2D eigenvalue weighted by molar-refractivity contribution is 5.79. The summed E-state index contributed by atoms with van der Waals surface area (Å²) >= 11 is 0. The molecule has 2 N–H and O–H groups in total. The largest absolute Gasteiger partial charge is 0.460 e. The summed E-state index contributed by atoms with van der Waals surface area (Å²) in [5, 5.41) is 0. The third-order valence-electron chi connectivity index (χ3n) is 7.87.